The van der Waals surface area contributed by atoms with E-state index in [1.54, 1.807) is 12.1 Å². The molecule has 0 fully saturated rings. The average Bonchev–Trinajstić information content (AvgIpc) is 3.11. The van der Waals surface area contributed by atoms with Crippen molar-refractivity contribution in [2.24, 2.45) is 0 Å². The Morgan fingerprint density at radius 1 is 1.19 bits per heavy atom. The molecule has 0 spiro atoms. The van der Waals surface area contributed by atoms with Gasteiger partial charge in [-0.05, 0) is 36.2 Å². The first-order valence-corrected chi connectivity index (χ1v) is 10.6. The predicted octanol–water partition coefficient (Wildman–Crippen LogP) is 4.99. The van der Waals surface area contributed by atoms with Gasteiger partial charge in [0.2, 0.25) is 11.1 Å². The molecule has 0 unspecified atom stereocenters. The van der Waals surface area contributed by atoms with E-state index in [-0.39, 0.29) is 11.7 Å². The summed E-state index contributed by atoms with van der Waals surface area (Å²) in [4.78, 5) is 16.4. The van der Waals surface area contributed by atoms with Crippen LogP contribution in [0.1, 0.15) is 5.56 Å². The van der Waals surface area contributed by atoms with Crippen molar-refractivity contribution >= 4 is 56.8 Å². The third kappa shape index (κ3) is 5.97. The molecule has 1 amide bonds. The fourth-order valence-electron chi connectivity index (χ4n) is 2.29. The smallest absolute Gasteiger partial charge is 0.230 e. The van der Waals surface area contributed by atoms with Crippen LogP contribution in [0.5, 0.6) is 0 Å². The van der Waals surface area contributed by atoms with Crippen LogP contribution in [0.4, 0.5) is 0 Å². The van der Waals surface area contributed by atoms with Gasteiger partial charge in [0.1, 0.15) is 0 Å². The number of benzene rings is 2. The normalized spacial score (nSPS) is 10.8. The van der Waals surface area contributed by atoms with Crippen LogP contribution in [0.2, 0.25) is 10.0 Å². The van der Waals surface area contributed by atoms with E-state index in [0.717, 1.165) is 15.6 Å². The van der Waals surface area contributed by atoms with Crippen LogP contribution >= 0.6 is 50.9 Å². The number of thioether (sulfide) groups is 1. The molecule has 2 N–H and O–H groups in total. The van der Waals surface area contributed by atoms with Gasteiger partial charge in [-0.3, -0.25) is 9.89 Å². The van der Waals surface area contributed by atoms with E-state index in [9.17, 15) is 4.79 Å². The van der Waals surface area contributed by atoms with E-state index in [1.807, 2.05) is 30.3 Å². The SMILES string of the molecule is O=C(CSc1n[nH]c(-c2ccc(Br)cc2)n1)NCCc1ccc(Cl)cc1Cl. The summed E-state index contributed by atoms with van der Waals surface area (Å²) >= 11 is 16.7. The first-order valence-electron chi connectivity index (χ1n) is 8.03. The molecule has 0 aliphatic rings. The number of amides is 1. The number of aromatic nitrogens is 3. The van der Waals surface area contributed by atoms with Gasteiger partial charge in [-0.1, -0.05) is 69.1 Å². The molecule has 27 heavy (non-hydrogen) atoms. The first-order chi connectivity index (χ1) is 13.0. The van der Waals surface area contributed by atoms with Crippen LogP contribution in [-0.2, 0) is 11.2 Å². The van der Waals surface area contributed by atoms with Crippen molar-refractivity contribution in [1.29, 1.82) is 0 Å². The van der Waals surface area contributed by atoms with Crippen LogP contribution in [-0.4, -0.2) is 33.4 Å². The van der Waals surface area contributed by atoms with Crippen LogP contribution in [0.3, 0.4) is 0 Å². The van der Waals surface area contributed by atoms with Gasteiger partial charge in [-0.15, -0.1) is 5.10 Å². The number of hydrogen-bond donors (Lipinski definition) is 2. The second-order valence-electron chi connectivity index (χ2n) is 5.60. The van der Waals surface area contributed by atoms with Gasteiger partial charge in [0.05, 0.1) is 5.75 Å². The predicted molar refractivity (Wildman–Crippen MR) is 113 cm³/mol. The number of halogens is 3. The second-order valence-corrected chi connectivity index (χ2v) is 8.30. The zero-order chi connectivity index (χ0) is 19.2. The van der Waals surface area contributed by atoms with Gasteiger partial charge in [0, 0.05) is 26.6 Å². The van der Waals surface area contributed by atoms with Crippen LogP contribution in [0, 0.1) is 0 Å². The molecule has 0 atom stereocenters. The number of carbonyl (C=O) groups excluding carboxylic acids is 1. The van der Waals surface area contributed by atoms with E-state index in [2.05, 4.69) is 36.4 Å². The number of rotatable bonds is 7. The van der Waals surface area contributed by atoms with Gasteiger partial charge in [0.15, 0.2) is 5.82 Å². The van der Waals surface area contributed by atoms with Crippen LogP contribution in [0.25, 0.3) is 11.4 Å². The Labute approximate surface area is 179 Å². The minimum absolute atomic E-state index is 0.0833. The van der Waals surface area contributed by atoms with Crippen molar-refractivity contribution in [2.75, 3.05) is 12.3 Å². The average molecular weight is 486 g/mol. The summed E-state index contributed by atoms with van der Waals surface area (Å²) in [5.41, 5.74) is 1.88. The minimum atomic E-state index is -0.0833. The molecule has 0 bridgehead atoms. The standard InChI is InChI=1S/C18H15BrCl2N4OS/c19-13-4-1-12(2-5-13)17-23-18(25-24-17)27-10-16(26)22-8-7-11-3-6-14(20)9-15(11)21/h1-6,9H,7-8,10H2,(H,22,26)(H,23,24,25). The largest absolute Gasteiger partial charge is 0.355 e. The maximum absolute atomic E-state index is 12.0. The number of H-pyrrole nitrogens is 1. The molecular weight excluding hydrogens is 471 g/mol. The lowest BCUT2D eigenvalue weighted by atomic mass is 10.1. The summed E-state index contributed by atoms with van der Waals surface area (Å²) in [5, 5.41) is 11.6. The topological polar surface area (TPSA) is 70.7 Å². The molecule has 1 aromatic heterocycles. The molecule has 0 saturated heterocycles. The van der Waals surface area contributed by atoms with Crippen molar-refractivity contribution in [2.45, 2.75) is 11.6 Å². The molecular formula is C18H15BrCl2N4OS. The van der Waals surface area contributed by atoms with Crippen molar-refractivity contribution < 1.29 is 4.79 Å². The highest BCUT2D eigenvalue weighted by Gasteiger charge is 2.09. The Morgan fingerprint density at radius 3 is 2.70 bits per heavy atom. The van der Waals surface area contributed by atoms with Crippen molar-refractivity contribution in [3.05, 3.63) is 62.5 Å². The molecule has 5 nitrogen and oxygen atoms in total. The lowest BCUT2D eigenvalue weighted by Gasteiger charge is -2.06. The van der Waals surface area contributed by atoms with Crippen molar-refractivity contribution in [1.82, 2.24) is 20.5 Å². The zero-order valence-electron chi connectivity index (χ0n) is 14.0. The Hall–Kier alpha value is -1.54. The number of aromatic amines is 1. The van der Waals surface area contributed by atoms with E-state index in [1.165, 1.54) is 11.8 Å². The Balaban J connectivity index is 1.44. The number of nitrogens with one attached hydrogen (secondary N) is 2. The fraction of sp³-hybridized carbons (Fsp3) is 0.167. The summed E-state index contributed by atoms with van der Waals surface area (Å²) in [5.74, 6) is 0.828. The van der Waals surface area contributed by atoms with Crippen LogP contribution < -0.4 is 5.32 Å². The molecule has 0 saturated carbocycles. The van der Waals surface area contributed by atoms with Gasteiger partial charge in [-0.25, -0.2) is 4.98 Å². The summed E-state index contributed by atoms with van der Waals surface area (Å²) in [6.45, 7) is 0.499. The third-order valence-corrected chi connectivity index (χ3v) is 5.61. The summed E-state index contributed by atoms with van der Waals surface area (Å²) in [6, 6.07) is 13.1. The van der Waals surface area contributed by atoms with Gasteiger partial charge < -0.3 is 5.32 Å². The van der Waals surface area contributed by atoms with Crippen molar-refractivity contribution in [3.63, 3.8) is 0 Å². The van der Waals surface area contributed by atoms with E-state index in [4.69, 9.17) is 23.2 Å². The monoisotopic (exact) mass is 484 g/mol. The maximum atomic E-state index is 12.0. The molecule has 3 aromatic rings. The molecule has 0 radical (unpaired) electrons. The van der Waals surface area contributed by atoms with Crippen molar-refractivity contribution in [3.8, 4) is 11.4 Å². The Morgan fingerprint density at radius 2 is 1.96 bits per heavy atom. The summed E-state index contributed by atoms with van der Waals surface area (Å²) in [6.07, 6.45) is 0.640. The van der Waals surface area contributed by atoms with Crippen LogP contribution in [0.15, 0.2) is 52.1 Å². The molecule has 2 aromatic carbocycles. The minimum Gasteiger partial charge on any atom is -0.355 e. The molecule has 9 heteroatoms. The van der Waals surface area contributed by atoms with Gasteiger partial charge in [-0.2, -0.15) is 0 Å². The van der Waals surface area contributed by atoms with E-state index >= 15 is 0 Å². The first kappa shape index (κ1) is 20.2. The highest BCUT2D eigenvalue weighted by atomic mass is 79.9. The molecule has 0 aliphatic carbocycles. The molecule has 3 rings (SSSR count). The Kier molecular flexibility index (Phi) is 7.18. The molecule has 1 heterocycles. The highest BCUT2D eigenvalue weighted by molar-refractivity contribution is 9.10. The lowest BCUT2D eigenvalue weighted by Crippen LogP contribution is -2.27. The number of nitrogens with zero attached hydrogens (tertiary/aromatic N) is 2. The number of carbonyl (C=O) groups is 1. The summed E-state index contributed by atoms with van der Waals surface area (Å²) < 4.78 is 0.997. The third-order valence-electron chi connectivity index (χ3n) is 3.65. The van der Waals surface area contributed by atoms with Gasteiger partial charge >= 0.3 is 0 Å². The number of hydrogen-bond acceptors (Lipinski definition) is 4. The second kappa shape index (κ2) is 9.59. The van der Waals surface area contributed by atoms with E-state index < -0.39 is 0 Å². The summed E-state index contributed by atoms with van der Waals surface area (Å²) in [7, 11) is 0. The van der Waals surface area contributed by atoms with Gasteiger partial charge in [0.25, 0.3) is 0 Å². The fourth-order valence-corrected chi connectivity index (χ4v) is 3.69. The lowest BCUT2D eigenvalue weighted by molar-refractivity contribution is -0.118. The Bertz CT molecular complexity index is 933. The zero-order valence-corrected chi connectivity index (χ0v) is 17.9. The molecule has 140 valence electrons. The quantitative estimate of drug-likeness (QED) is 0.462. The maximum Gasteiger partial charge on any atom is 0.230 e. The van der Waals surface area contributed by atoms with E-state index in [0.29, 0.717) is 34.0 Å². The highest BCUT2D eigenvalue weighted by Crippen LogP contribution is 2.22. The molecule has 0 aliphatic heterocycles.